The lowest BCUT2D eigenvalue weighted by Gasteiger charge is -2.29. The first kappa shape index (κ1) is 25.2. The van der Waals surface area contributed by atoms with Gasteiger partial charge in [0.2, 0.25) is 5.91 Å². The van der Waals surface area contributed by atoms with Crippen molar-refractivity contribution < 1.29 is 23.8 Å². The number of hydrogen-bond donors (Lipinski definition) is 2. The fraction of sp³-hybridized carbons (Fsp3) is 0.579. The van der Waals surface area contributed by atoms with Crippen LogP contribution in [0.5, 0.6) is 0 Å². The van der Waals surface area contributed by atoms with Gasteiger partial charge in [-0.1, -0.05) is 19.6 Å². The quantitative estimate of drug-likeness (QED) is 0.811. The Morgan fingerprint density at radius 1 is 1.19 bits per heavy atom. The molecule has 8 heteroatoms. The molecule has 2 atom stereocenters. The van der Waals surface area contributed by atoms with Gasteiger partial charge in [-0.2, -0.15) is 13.5 Å². The summed E-state index contributed by atoms with van der Waals surface area (Å²) in [5.41, 5.74) is -0.387. The van der Waals surface area contributed by atoms with Gasteiger partial charge in [-0.05, 0) is 51.3 Å². The number of rotatable bonds is 4. The van der Waals surface area contributed by atoms with E-state index in [1.807, 2.05) is 0 Å². The summed E-state index contributed by atoms with van der Waals surface area (Å²) in [6.45, 7) is 6.30. The molecule has 1 saturated heterocycles. The maximum atomic E-state index is 13.1. The summed E-state index contributed by atoms with van der Waals surface area (Å²) < 4.78 is 18.3. The van der Waals surface area contributed by atoms with Crippen LogP contribution in [0.2, 0.25) is 0 Å². The van der Waals surface area contributed by atoms with Crippen molar-refractivity contribution in [2.45, 2.75) is 58.8 Å². The molecule has 6 nitrogen and oxygen atoms in total. The number of benzene rings is 1. The van der Waals surface area contributed by atoms with E-state index in [2.05, 4.69) is 5.32 Å². The van der Waals surface area contributed by atoms with Gasteiger partial charge in [-0.3, -0.25) is 4.79 Å². The lowest BCUT2D eigenvalue weighted by molar-refractivity contribution is -0.135. The van der Waals surface area contributed by atoms with Gasteiger partial charge in [0.1, 0.15) is 23.6 Å². The number of likely N-dealkylation sites (tertiary alicyclic amines) is 1. The van der Waals surface area contributed by atoms with Gasteiger partial charge in [0.05, 0.1) is 0 Å². The highest BCUT2D eigenvalue weighted by molar-refractivity contribution is 7.59. The Labute approximate surface area is 167 Å². The molecule has 1 aromatic rings. The number of nitrogens with zero attached hydrogens (tertiary/aromatic N) is 1. The molecule has 0 aliphatic carbocycles. The minimum Gasteiger partial charge on any atom is -0.444 e. The van der Waals surface area contributed by atoms with Crippen LogP contribution in [-0.2, 0) is 9.53 Å². The zero-order valence-electron chi connectivity index (χ0n) is 15.3. The van der Waals surface area contributed by atoms with E-state index in [4.69, 9.17) is 4.74 Å². The number of hydrogen-bond acceptors (Lipinski definition) is 4. The highest BCUT2D eigenvalue weighted by atomic mass is 32.1. The smallest absolute Gasteiger partial charge is 0.408 e. The van der Waals surface area contributed by atoms with Crippen LogP contribution in [-0.4, -0.2) is 46.7 Å². The first-order valence-corrected chi connectivity index (χ1v) is 8.39. The molecule has 1 aromatic carbocycles. The van der Waals surface area contributed by atoms with E-state index in [9.17, 15) is 19.1 Å². The summed E-state index contributed by atoms with van der Waals surface area (Å²) in [5.74, 6) is -0.821. The highest BCUT2D eigenvalue weighted by Gasteiger charge is 2.35. The fourth-order valence-corrected chi connectivity index (χ4v) is 2.70. The molecule has 0 unspecified atom stereocenters. The van der Waals surface area contributed by atoms with Gasteiger partial charge in [0.25, 0.3) is 0 Å². The number of alkyl carbamates (subject to hydrolysis) is 1. The van der Waals surface area contributed by atoms with Crippen molar-refractivity contribution in [3.8, 4) is 0 Å². The van der Waals surface area contributed by atoms with Crippen molar-refractivity contribution in [1.29, 1.82) is 0 Å². The highest BCUT2D eigenvalue weighted by Crippen LogP contribution is 2.21. The molecule has 0 saturated carbocycles. The van der Waals surface area contributed by atoms with Crippen molar-refractivity contribution in [1.82, 2.24) is 10.2 Å². The van der Waals surface area contributed by atoms with Gasteiger partial charge < -0.3 is 20.1 Å². The molecule has 0 radical (unpaired) electrons. The zero-order valence-corrected chi connectivity index (χ0v) is 16.3. The van der Waals surface area contributed by atoms with Gasteiger partial charge in [-0.25, -0.2) is 9.18 Å². The van der Waals surface area contributed by atoms with Crippen LogP contribution in [0.1, 0.15) is 52.7 Å². The number of amides is 2. The maximum Gasteiger partial charge on any atom is 0.408 e. The monoisotopic (exact) mass is 402 g/mol. The predicted molar refractivity (Wildman–Crippen MR) is 107 cm³/mol. The maximum absolute atomic E-state index is 13.1. The molecule has 1 heterocycles. The summed E-state index contributed by atoms with van der Waals surface area (Å²) in [7, 11) is 0. The summed E-state index contributed by atoms with van der Waals surface area (Å²) in [4.78, 5) is 26.5. The zero-order chi connectivity index (χ0) is 18.6. The van der Waals surface area contributed by atoms with E-state index < -0.39 is 29.7 Å². The first-order chi connectivity index (χ1) is 11.7. The SMILES string of the molecule is C.CC(C)(C)OC(=O)N[C@@H](C(=O)N1CCCC1)[C@@H](O)c1ccc(F)cc1.S. The fourth-order valence-electron chi connectivity index (χ4n) is 2.70. The van der Waals surface area contributed by atoms with Crippen LogP contribution in [0.4, 0.5) is 9.18 Å². The Balaban J connectivity index is 0.00000338. The molecule has 154 valence electrons. The lowest BCUT2D eigenvalue weighted by atomic mass is 10.0. The van der Waals surface area contributed by atoms with Crippen molar-refractivity contribution in [2.75, 3.05) is 13.1 Å². The molecule has 1 fully saturated rings. The van der Waals surface area contributed by atoms with Crippen LogP contribution in [0.25, 0.3) is 0 Å². The third-order valence-electron chi connectivity index (χ3n) is 3.88. The lowest BCUT2D eigenvalue weighted by Crippen LogP contribution is -2.52. The number of carbonyl (C=O) groups excluding carboxylic acids is 2. The second-order valence-corrected chi connectivity index (χ2v) is 7.15. The van der Waals surface area contributed by atoms with Gasteiger partial charge in [-0.15, -0.1) is 0 Å². The molecule has 0 spiro atoms. The van der Waals surface area contributed by atoms with Crippen LogP contribution < -0.4 is 5.32 Å². The average molecular weight is 403 g/mol. The van der Waals surface area contributed by atoms with E-state index in [1.165, 1.54) is 24.3 Å². The van der Waals surface area contributed by atoms with E-state index in [0.717, 1.165) is 12.8 Å². The molecule has 0 aromatic heterocycles. The van der Waals surface area contributed by atoms with Crippen LogP contribution in [0.3, 0.4) is 0 Å². The summed E-state index contributed by atoms with van der Waals surface area (Å²) >= 11 is 0. The third kappa shape index (κ3) is 7.38. The molecular weight excluding hydrogens is 371 g/mol. The largest absolute Gasteiger partial charge is 0.444 e. The van der Waals surface area contributed by atoms with Gasteiger partial charge in [0, 0.05) is 13.1 Å². The minimum atomic E-state index is -1.30. The molecule has 0 bridgehead atoms. The normalized spacial score (nSPS) is 15.8. The molecule has 1 aliphatic heterocycles. The van der Waals surface area contributed by atoms with Crippen molar-refractivity contribution >= 4 is 25.5 Å². The molecular formula is C19H31FN2O4S. The molecule has 2 amide bonds. The van der Waals surface area contributed by atoms with E-state index >= 15 is 0 Å². The topological polar surface area (TPSA) is 78.9 Å². The molecule has 27 heavy (non-hydrogen) atoms. The van der Waals surface area contributed by atoms with Gasteiger partial charge >= 0.3 is 6.09 Å². The van der Waals surface area contributed by atoms with Crippen LogP contribution >= 0.6 is 13.5 Å². The first-order valence-electron chi connectivity index (χ1n) is 8.39. The number of carbonyl (C=O) groups is 2. The van der Waals surface area contributed by atoms with E-state index in [0.29, 0.717) is 18.7 Å². The van der Waals surface area contributed by atoms with Crippen molar-refractivity contribution in [2.24, 2.45) is 0 Å². The average Bonchev–Trinajstić information content (AvgIpc) is 3.05. The third-order valence-corrected chi connectivity index (χ3v) is 3.88. The van der Waals surface area contributed by atoms with E-state index in [1.54, 1.807) is 25.7 Å². The Kier molecular flexibility index (Phi) is 9.81. The molecule has 1 aliphatic rings. The Hall–Kier alpha value is -1.80. The summed E-state index contributed by atoms with van der Waals surface area (Å²) in [6, 6.07) is 3.98. The molecule has 2 rings (SSSR count). The van der Waals surface area contributed by atoms with E-state index in [-0.39, 0.29) is 26.8 Å². The Morgan fingerprint density at radius 3 is 2.19 bits per heavy atom. The Bertz CT molecular complexity index is 613. The summed E-state index contributed by atoms with van der Waals surface area (Å²) in [5, 5.41) is 13.1. The predicted octanol–water partition coefficient (Wildman–Crippen LogP) is 3.12. The number of aliphatic hydroxyl groups excluding tert-OH is 1. The second kappa shape index (κ2) is 10.5. The number of aliphatic hydroxyl groups is 1. The van der Waals surface area contributed by atoms with Crippen LogP contribution in [0, 0.1) is 5.82 Å². The van der Waals surface area contributed by atoms with Crippen molar-refractivity contribution in [3.05, 3.63) is 35.6 Å². The number of nitrogens with one attached hydrogen (secondary N) is 1. The standard InChI is InChI=1S/C18H25FN2O4.CH4.H2S/c1-18(2,3)25-17(24)20-14(16(23)21-10-4-5-11-21)15(22)12-6-8-13(19)9-7-12;;/h6-9,14-15,22H,4-5,10-11H2,1-3H3,(H,20,24);1H4;1H2/t14-,15+;;/m1../s1. The second-order valence-electron chi connectivity index (χ2n) is 7.15. The van der Waals surface area contributed by atoms with Gasteiger partial charge in [0.15, 0.2) is 0 Å². The van der Waals surface area contributed by atoms with Crippen molar-refractivity contribution in [3.63, 3.8) is 0 Å². The summed E-state index contributed by atoms with van der Waals surface area (Å²) in [6.07, 6.45) is -0.317. The van der Waals surface area contributed by atoms with Crippen LogP contribution in [0.15, 0.2) is 24.3 Å². The number of halogens is 1. The Morgan fingerprint density at radius 2 is 1.70 bits per heavy atom. The molecule has 2 N–H and O–H groups in total. The number of ether oxygens (including phenoxy) is 1. The minimum absolute atomic E-state index is 0.